The SMILES string of the molecule is Cc1cc(C2CCCN2C(=O)c2c(F)cccc2Br)on1. The highest BCUT2D eigenvalue weighted by Crippen LogP contribution is 2.35. The van der Waals surface area contributed by atoms with Crippen LogP contribution < -0.4 is 0 Å². The highest BCUT2D eigenvalue weighted by molar-refractivity contribution is 9.10. The topological polar surface area (TPSA) is 46.3 Å². The van der Waals surface area contributed by atoms with E-state index >= 15 is 0 Å². The minimum absolute atomic E-state index is 0.0700. The lowest BCUT2D eigenvalue weighted by atomic mass is 10.1. The third kappa shape index (κ3) is 2.60. The van der Waals surface area contributed by atoms with Gasteiger partial charge in [0, 0.05) is 17.1 Å². The van der Waals surface area contributed by atoms with Crippen LogP contribution in [0.1, 0.15) is 40.7 Å². The van der Waals surface area contributed by atoms with Crippen molar-refractivity contribution < 1.29 is 13.7 Å². The van der Waals surface area contributed by atoms with E-state index in [1.807, 2.05) is 13.0 Å². The fourth-order valence-corrected chi connectivity index (χ4v) is 3.20. The molecule has 0 saturated carbocycles. The molecule has 0 bridgehead atoms. The molecule has 0 N–H and O–H groups in total. The van der Waals surface area contributed by atoms with Crippen LogP contribution >= 0.6 is 15.9 Å². The average Bonchev–Trinajstić information content (AvgIpc) is 3.06. The molecule has 1 aromatic heterocycles. The highest BCUT2D eigenvalue weighted by atomic mass is 79.9. The Labute approximate surface area is 130 Å². The largest absolute Gasteiger partial charge is 0.359 e. The molecule has 4 nitrogen and oxygen atoms in total. The first-order valence-electron chi connectivity index (χ1n) is 6.76. The zero-order valence-electron chi connectivity index (χ0n) is 11.5. The van der Waals surface area contributed by atoms with Crippen LogP contribution in [0.3, 0.4) is 0 Å². The summed E-state index contributed by atoms with van der Waals surface area (Å²) in [6.07, 6.45) is 1.66. The van der Waals surface area contributed by atoms with E-state index in [0.29, 0.717) is 16.8 Å². The summed E-state index contributed by atoms with van der Waals surface area (Å²) < 4.78 is 19.7. The number of rotatable bonds is 2. The van der Waals surface area contributed by atoms with Gasteiger partial charge in [-0.1, -0.05) is 11.2 Å². The second kappa shape index (κ2) is 5.60. The van der Waals surface area contributed by atoms with Crippen LogP contribution in [-0.2, 0) is 0 Å². The molecule has 2 heterocycles. The van der Waals surface area contributed by atoms with Crippen molar-refractivity contribution in [3.8, 4) is 0 Å². The maximum atomic E-state index is 14.0. The van der Waals surface area contributed by atoms with Gasteiger partial charge in [0.1, 0.15) is 5.82 Å². The molecule has 0 spiro atoms. The summed E-state index contributed by atoms with van der Waals surface area (Å²) in [6.45, 7) is 2.42. The summed E-state index contributed by atoms with van der Waals surface area (Å²) >= 11 is 3.25. The Morgan fingerprint density at radius 2 is 2.33 bits per heavy atom. The van der Waals surface area contributed by atoms with Gasteiger partial charge in [0.2, 0.25) is 0 Å². The van der Waals surface area contributed by atoms with E-state index < -0.39 is 5.82 Å². The van der Waals surface area contributed by atoms with Gasteiger partial charge in [-0.3, -0.25) is 4.79 Å². The number of nitrogens with zero attached hydrogens (tertiary/aromatic N) is 2. The predicted octanol–water partition coefficient (Wildman–Crippen LogP) is 3.86. The highest BCUT2D eigenvalue weighted by Gasteiger charge is 2.34. The Morgan fingerprint density at radius 3 is 3.00 bits per heavy atom. The number of benzene rings is 1. The Hall–Kier alpha value is -1.69. The first kappa shape index (κ1) is 14.3. The molecule has 21 heavy (non-hydrogen) atoms. The number of hydrogen-bond acceptors (Lipinski definition) is 3. The quantitative estimate of drug-likeness (QED) is 0.824. The smallest absolute Gasteiger partial charge is 0.258 e. The van der Waals surface area contributed by atoms with Crippen LogP contribution in [0.25, 0.3) is 0 Å². The van der Waals surface area contributed by atoms with Gasteiger partial charge in [-0.15, -0.1) is 0 Å². The van der Waals surface area contributed by atoms with Crippen LogP contribution in [0.2, 0.25) is 0 Å². The Bertz CT molecular complexity index is 666. The van der Waals surface area contributed by atoms with Crippen molar-refractivity contribution in [3.05, 3.63) is 51.6 Å². The average molecular weight is 353 g/mol. The summed E-state index contributed by atoms with van der Waals surface area (Å²) in [5.74, 6) is -0.184. The number of hydrogen-bond donors (Lipinski definition) is 0. The molecule has 1 saturated heterocycles. The first-order valence-corrected chi connectivity index (χ1v) is 7.55. The summed E-state index contributed by atoms with van der Waals surface area (Å²) in [5.41, 5.74) is 0.844. The zero-order valence-corrected chi connectivity index (χ0v) is 13.1. The Morgan fingerprint density at radius 1 is 1.52 bits per heavy atom. The molecule has 1 aliphatic rings. The molecule has 1 amide bonds. The van der Waals surface area contributed by atoms with Gasteiger partial charge >= 0.3 is 0 Å². The molecule has 1 aromatic carbocycles. The van der Waals surface area contributed by atoms with Crippen molar-refractivity contribution in [3.63, 3.8) is 0 Å². The van der Waals surface area contributed by atoms with Crippen molar-refractivity contribution in [2.24, 2.45) is 0 Å². The molecule has 6 heteroatoms. The van der Waals surface area contributed by atoms with Gasteiger partial charge in [-0.25, -0.2) is 4.39 Å². The normalized spacial score (nSPS) is 18.2. The van der Waals surface area contributed by atoms with Crippen LogP contribution in [0.15, 0.2) is 33.3 Å². The number of likely N-dealkylation sites (tertiary alicyclic amines) is 1. The van der Waals surface area contributed by atoms with Gasteiger partial charge < -0.3 is 9.42 Å². The molecule has 3 rings (SSSR count). The molecule has 1 fully saturated rings. The summed E-state index contributed by atoms with van der Waals surface area (Å²) in [7, 11) is 0. The number of halogens is 2. The van der Waals surface area contributed by atoms with Gasteiger partial charge in [0.05, 0.1) is 17.3 Å². The number of aromatic nitrogens is 1. The van der Waals surface area contributed by atoms with Crippen LogP contribution in [0.4, 0.5) is 4.39 Å². The van der Waals surface area contributed by atoms with Crippen molar-refractivity contribution in [1.29, 1.82) is 0 Å². The summed E-state index contributed by atoms with van der Waals surface area (Å²) in [4.78, 5) is 14.3. The molecule has 0 radical (unpaired) electrons. The molecule has 1 atom stereocenters. The van der Waals surface area contributed by atoms with Gasteiger partial charge in [-0.05, 0) is 47.8 Å². The Kier molecular flexibility index (Phi) is 3.80. The number of carbonyl (C=O) groups is 1. The predicted molar refractivity (Wildman–Crippen MR) is 78.4 cm³/mol. The molecule has 110 valence electrons. The van der Waals surface area contributed by atoms with E-state index in [1.165, 1.54) is 6.07 Å². The van der Waals surface area contributed by atoms with Crippen LogP contribution in [0, 0.1) is 12.7 Å². The molecular formula is C15H14BrFN2O2. The molecule has 1 aliphatic heterocycles. The van der Waals surface area contributed by atoms with E-state index in [1.54, 1.807) is 17.0 Å². The fourth-order valence-electron chi connectivity index (χ4n) is 2.69. The fraction of sp³-hybridized carbons (Fsp3) is 0.333. The maximum absolute atomic E-state index is 14.0. The summed E-state index contributed by atoms with van der Waals surface area (Å²) in [6, 6.07) is 6.18. The lowest BCUT2D eigenvalue weighted by molar-refractivity contribution is 0.0709. The van der Waals surface area contributed by atoms with E-state index in [9.17, 15) is 9.18 Å². The molecule has 0 aliphatic carbocycles. The van der Waals surface area contributed by atoms with E-state index in [2.05, 4.69) is 21.1 Å². The summed E-state index contributed by atoms with van der Waals surface area (Å²) in [5, 5.41) is 3.87. The van der Waals surface area contributed by atoms with E-state index in [4.69, 9.17) is 4.52 Å². The lowest BCUT2D eigenvalue weighted by Gasteiger charge is -2.23. The molecular weight excluding hydrogens is 339 g/mol. The Balaban J connectivity index is 1.93. The third-order valence-electron chi connectivity index (χ3n) is 3.66. The van der Waals surface area contributed by atoms with E-state index in [0.717, 1.165) is 18.5 Å². The standard InChI is InChI=1S/C15H14BrFN2O2/c1-9-8-13(21-18-9)12-6-3-7-19(12)15(20)14-10(16)4-2-5-11(14)17/h2,4-5,8,12H,3,6-7H2,1H3. The van der Waals surface area contributed by atoms with Crippen molar-refractivity contribution in [2.45, 2.75) is 25.8 Å². The zero-order chi connectivity index (χ0) is 15.0. The van der Waals surface area contributed by atoms with Gasteiger partial charge in [0.15, 0.2) is 5.76 Å². The second-order valence-electron chi connectivity index (χ2n) is 5.12. The van der Waals surface area contributed by atoms with Crippen molar-refractivity contribution in [1.82, 2.24) is 10.1 Å². The number of amides is 1. The van der Waals surface area contributed by atoms with Crippen LogP contribution in [-0.4, -0.2) is 22.5 Å². The second-order valence-corrected chi connectivity index (χ2v) is 5.98. The minimum atomic E-state index is -0.520. The van der Waals surface area contributed by atoms with Gasteiger partial charge in [-0.2, -0.15) is 0 Å². The van der Waals surface area contributed by atoms with E-state index in [-0.39, 0.29) is 17.5 Å². The van der Waals surface area contributed by atoms with Crippen LogP contribution in [0.5, 0.6) is 0 Å². The monoisotopic (exact) mass is 352 g/mol. The van der Waals surface area contributed by atoms with Gasteiger partial charge in [0.25, 0.3) is 5.91 Å². The number of carbonyl (C=O) groups excluding carboxylic acids is 1. The molecule has 2 aromatic rings. The molecule has 1 unspecified atom stereocenters. The number of aryl methyl sites for hydroxylation is 1. The third-order valence-corrected chi connectivity index (χ3v) is 4.33. The minimum Gasteiger partial charge on any atom is -0.359 e. The lowest BCUT2D eigenvalue weighted by Crippen LogP contribution is -2.31. The van der Waals surface area contributed by atoms with Crippen molar-refractivity contribution in [2.75, 3.05) is 6.54 Å². The first-order chi connectivity index (χ1) is 10.1. The maximum Gasteiger partial charge on any atom is 0.258 e. The van der Waals surface area contributed by atoms with Crippen molar-refractivity contribution >= 4 is 21.8 Å².